The maximum absolute atomic E-state index is 12.7. The summed E-state index contributed by atoms with van der Waals surface area (Å²) in [6.07, 6.45) is 3.20. The van der Waals surface area contributed by atoms with Crippen molar-refractivity contribution in [3.8, 4) is 0 Å². The average Bonchev–Trinajstić information content (AvgIpc) is 2.76. The van der Waals surface area contributed by atoms with E-state index in [9.17, 15) is 4.79 Å². The normalized spacial score (nSPS) is 18.6. The Morgan fingerprint density at radius 3 is 2.71 bits per heavy atom. The van der Waals surface area contributed by atoms with Crippen molar-refractivity contribution in [2.45, 2.75) is 39.3 Å². The van der Waals surface area contributed by atoms with Gasteiger partial charge in [-0.25, -0.2) is 9.97 Å². The lowest BCUT2D eigenvalue weighted by Crippen LogP contribution is -2.42. The molecule has 1 atom stereocenters. The molecular weight excluding hydrogens is 300 g/mol. The number of hydrogen-bond acceptors (Lipinski definition) is 4. The summed E-state index contributed by atoms with van der Waals surface area (Å²) in [5, 5.41) is 0. The van der Waals surface area contributed by atoms with Gasteiger partial charge in [-0.05, 0) is 25.0 Å². The van der Waals surface area contributed by atoms with Gasteiger partial charge in [-0.1, -0.05) is 37.3 Å². The molecule has 0 radical (unpaired) electrons. The van der Waals surface area contributed by atoms with E-state index in [1.165, 1.54) is 5.56 Å². The Morgan fingerprint density at radius 2 is 2.00 bits per heavy atom. The van der Waals surface area contributed by atoms with E-state index in [1.807, 2.05) is 36.1 Å². The summed E-state index contributed by atoms with van der Waals surface area (Å²) in [5.74, 6) is 0.934. The van der Waals surface area contributed by atoms with Crippen molar-refractivity contribution in [1.82, 2.24) is 14.9 Å². The highest BCUT2D eigenvalue weighted by Gasteiger charge is 2.29. The van der Waals surface area contributed by atoms with Crippen LogP contribution in [-0.2, 0) is 11.3 Å². The van der Waals surface area contributed by atoms with E-state index in [0.29, 0.717) is 19.5 Å². The fourth-order valence-electron chi connectivity index (χ4n) is 3.14. The van der Waals surface area contributed by atoms with E-state index in [0.717, 1.165) is 24.6 Å². The molecule has 1 saturated heterocycles. The molecule has 24 heavy (non-hydrogen) atoms. The van der Waals surface area contributed by atoms with Gasteiger partial charge >= 0.3 is 0 Å². The van der Waals surface area contributed by atoms with E-state index < -0.39 is 0 Å². The predicted octanol–water partition coefficient (Wildman–Crippen LogP) is 2.80. The second-order valence-electron chi connectivity index (χ2n) is 6.26. The van der Waals surface area contributed by atoms with Crippen LogP contribution in [-0.4, -0.2) is 39.9 Å². The topological polar surface area (TPSA) is 49.3 Å². The van der Waals surface area contributed by atoms with E-state index in [-0.39, 0.29) is 11.9 Å². The monoisotopic (exact) mass is 324 g/mol. The number of aryl methyl sites for hydroxylation is 1. The number of anilines is 1. The molecule has 0 spiro atoms. The van der Waals surface area contributed by atoms with Gasteiger partial charge in [0.1, 0.15) is 0 Å². The molecule has 2 heterocycles. The summed E-state index contributed by atoms with van der Waals surface area (Å²) in [4.78, 5) is 25.8. The minimum atomic E-state index is 0.171. The van der Waals surface area contributed by atoms with Crippen molar-refractivity contribution in [1.29, 1.82) is 0 Å². The first-order chi connectivity index (χ1) is 11.7. The lowest BCUT2D eigenvalue weighted by Gasteiger charge is -2.31. The van der Waals surface area contributed by atoms with Crippen LogP contribution in [0.5, 0.6) is 0 Å². The number of amides is 1. The first-order valence-corrected chi connectivity index (χ1v) is 8.55. The Labute approximate surface area is 143 Å². The SMILES string of the molecule is CC[C@H]1CN(c2nccc(C)n2)CCC(=O)N1Cc1ccccc1. The van der Waals surface area contributed by atoms with Gasteiger partial charge < -0.3 is 9.80 Å². The van der Waals surface area contributed by atoms with Crippen molar-refractivity contribution < 1.29 is 4.79 Å². The summed E-state index contributed by atoms with van der Waals surface area (Å²) in [7, 11) is 0. The van der Waals surface area contributed by atoms with E-state index in [4.69, 9.17) is 0 Å². The Hall–Kier alpha value is -2.43. The highest BCUT2D eigenvalue weighted by Crippen LogP contribution is 2.20. The predicted molar refractivity (Wildman–Crippen MR) is 94.7 cm³/mol. The summed E-state index contributed by atoms with van der Waals surface area (Å²) in [5.41, 5.74) is 2.12. The molecule has 0 bridgehead atoms. The van der Waals surface area contributed by atoms with Gasteiger partial charge in [0.25, 0.3) is 0 Å². The van der Waals surface area contributed by atoms with Crippen molar-refractivity contribution in [3.05, 3.63) is 53.9 Å². The summed E-state index contributed by atoms with van der Waals surface area (Å²) in [6.45, 7) is 6.22. The summed E-state index contributed by atoms with van der Waals surface area (Å²) < 4.78 is 0. The van der Waals surface area contributed by atoms with Crippen molar-refractivity contribution >= 4 is 11.9 Å². The molecule has 0 saturated carbocycles. The van der Waals surface area contributed by atoms with Crippen LogP contribution in [0.1, 0.15) is 31.0 Å². The first kappa shape index (κ1) is 16.4. The Balaban J connectivity index is 1.80. The van der Waals surface area contributed by atoms with Crippen LogP contribution in [0.15, 0.2) is 42.6 Å². The maximum Gasteiger partial charge on any atom is 0.225 e. The third-order valence-electron chi connectivity index (χ3n) is 4.52. The van der Waals surface area contributed by atoms with Gasteiger partial charge in [-0.2, -0.15) is 0 Å². The fourth-order valence-corrected chi connectivity index (χ4v) is 3.14. The minimum Gasteiger partial charge on any atom is -0.338 e. The molecular formula is C19H24N4O. The van der Waals surface area contributed by atoms with Crippen LogP contribution in [0.25, 0.3) is 0 Å². The molecule has 126 valence electrons. The molecule has 1 aliphatic rings. The third kappa shape index (κ3) is 3.72. The largest absolute Gasteiger partial charge is 0.338 e. The van der Waals surface area contributed by atoms with Gasteiger partial charge in [0.05, 0.1) is 0 Å². The fraction of sp³-hybridized carbons (Fsp3) is 0.421. The van der Waals surface area contributed by atoms with Gasteiger partial charge in [-0.3, -0.25) is 4.79 Å². The highest BCUT2D eigenvalue weighted by atomic mass is 16.2. The average molecular weight is 324 g/mol. The summed E-state index contributed by atoms with van der Waals surface area (Å²) in [6, 6.07) is 12.3. The number of rotatable bonds is 4. The molecule has 3 rings (SSSR count). The molecule has 1 aromatic carbocycles. The van der Waals surface area contributed by atoms with Crippen LogP contribution in [0.3, 0.4) is 0 Å². The highest BCUT2D eigenvalue weighted by molar-refractivity contribution is 5.77. The van der Waals surface area contributed by atoms with Crippen molar-refractivity contribution in [2.75, 3.05) is 18.0 Å². The second kappa shape index (κ2) is 7.43. The number of nitrogens with zero attached hydrogens (tertiary/aromatic N) is 4. The van der Waals surface area contributed by atoms with Gasteiger partial charge in [0.15, 0.2) is 0 Å². The van der Waals surface area contributed by atoms with E-state index in [2.05, 4.69) is 33.9 Å². The lowest BCUT2D eigenvalue weighted by atomic mass is 10.1. The molecule has 1 fully saturated rings. The number of aromatic nitrogens is 2. The molecule has 0 unspecified atom stereocenters. The molecule has 5 nitrogen and oxygen atoms in total. The standard InChI is InChI=1S/C19H24N4O/c1-3-17-14-22(19-20-11-9-15(2)21-19)12-10-18(24)23(17)13-16-7-5-4-6-8-16/h4-9,11,17H,3,10,12-14H2,1-2H3/t17-/m0/s1. The van der Waals surface area contributed by atoms with E-state index in [1.54, 1.807) is 6.20 Å². The van der Waals surface area contributed by atoms with Crippen LogP contribution in [0, 0.1) is 6.92 Å². The molecule has 0 aliphatic carbocycles. The first-order valence-electron chi connectivity index (χ1n) is 8.55. The van der Waals surface area contributed by atoms with Crippen molar-refractivity contribution in [3.63, 3.8) is 0 Å². The Morgan fingerprint density at radius 1 is 1.21 bits per heavy atom. The van der Waals surface area contributed by atoms with Crippen molar-refractivity contribution in [2.24, 2.45) is 0 Å². The number of benzene rings is 1. The minimum absolute atomic E-state index is 0.171. The zero-order chi connectivity index (χ0) is 16.9. The number of carbonyl (C=O) groups is 1. The number of hydrogen-bond donors (Lipinski definition) is 0. The van der Waals surface area contributed by atoms with Gasteiger partial charge in [-0.15, -0.1) is 0 Å². The van der Waals surface area contributed by atoms with Crippen LogP contribution in [0.2, 0.25) is 0 Å². The maximum atomic E-state index is 12.7. The molecule has 1 aliphatic heterocycles. The molecule has 1 amide bonds. The van der Waals surface area contributed by atoms with E-state index >= 15 is 0 Å². The third-order valence-corrected chi connectivity index (χ3v) is 4.52. The Bertz CT molecular complexity index is 689. The zero-order valence-electron chi connectivity index (χ0n) is 14.4. The second-order valence-corrected chi connectivity index (χ2v) is 6.26. The molecule has 2 aromatic rings. The number of carbonyl (C=O) groups excluding carboxylic acids is 1. The molecule has 5 heteroatoms. The van der Waals surface area contributed by atoms with Crippen LogP contribution >= 0.6 is 0 Å². The molecule has 1 aromatic heterocycles. The zero-order valence-corrected chi connectivity index (χ0v) is 14.4. The van der Waals surface area contributed by atoms with Gasteiger partial charge in [0.2, 0.25) is 11.9 Å². The summed E-state index contributed by atoms with van der Waals surface area (Å²) >= 11 is 0. The van der Waals surface area contributed by atoms with Crippen LogP contribution in [0.4, 0.5) is 5.95 Å². The Kier molecular flexibility index (Phi) is 5.08. The smallest absolute Gasteiger partial charge is 0.225 e. The lowest BCUT2D eigenvalue weighted by molar-refractivity contribution is -0.133. The molecule has 0 N–H and O–H groups in total. The quantitative estimate of drug-likeness (QED) is 0.868. The van der Waals surface area contributed by atoms with Gasteiger partial charge in [0, 0.05) is 44.0 Å². The van der Waals surface area contributed by atoms with Crippen LogP contribution < -0.4 is 4.90 Å².